The Hall–Kier alpha value is -5.51. The number of anilines is 1. The number of allylic oxidation sites excluding steroid dienone is 2. The number of imidazole rings is 1. The Morgan fingerprint density at radius 1 is 1.02 bits per heavy atom. The van der Waals surface area contributed by atoms with E-state index in [0.717, 1.165) is 30.0 Å². The first-order chi connectivity index (χ1) is 23.3. The van der Waals surface area contributed by atoms with E-state index in [1.165, 1.54) is 27.3 Å². The highest BCUT2D eigenvalue weighted by atomic mass is 32.2. The van der Waals surface area contributed by atoms with Crippen LogP contribution < -0.4 is 25.4 Å². The SMILES string of the molecule is Cn1c(=O)n(C2CCC(=O)NC2=O)c2ccc(C3=CCC(CNC(=O)c4ccc5c(F)c(N6CC(=O)NS6(=O)=O)c(O)cc5c4)CC3)cc21. The van der Waals surface area contributed by atoms with E-state index in [2.05, 4.69) is 16.7 Å². The third-order valence-electron chi connectivity index (χ3n) is 9.42. The zero-order chi connectivity index (χ0) is 34.8. The van der Waals surface area contributed by atoms with E-state index in [1.54, 1.807) is 11.8 Å². The monoisotopic (exact) mass is 690 g/mol. The van der Waals surface area contributed by atoms with Gasteiger partial charge in [-0.15, -0.1) is 0 Å². The number of nitrogens with one attached hydrogen (secondary N) is 3. The molecule has 2 atom stereocenters. The lowest BCUT2D eigenvalue weighted by molar-refractivity contribution is -0.135. The highest BCUT2D eigenvalue weighted by Crippen LogP contribution is 2.39. The van der Waals surface area contributed by atoms with Crippen LogP contribution >= 0.6 is 0 Å². The summed E-state index contributed by atoms with van der Waals surface area (Å²) in [6.07, 6.45) is 4.75. The van der Waals surface area contributed by atoms with Gasteiger partial charge in [0.2, 0.25) is 11.8 Å². The summed E-state index contributed by atoms with van der Waals surface area (Å²) >= 11 is 0. The van der Waals surface area contributed by atoms with Crippen LogP contribution in [0.3, 0.4) is 0 Å². The van der Waals surface area contributed by atoms with Crippen molar-refractivity contribution in [2.45, 2.75) is 38.1 Å². The fourth-order valence-electron chi connectivity index (χ4n) is 6.83. The number of imide groups is 1. The number of aryl methyl sites for hydroxylation is 1. The van der Waals surface area contributed by atoms with Crippen molar-refractivity contribution in [2.75, 3.05) is 17.4 Å². The molecule has 0 radical (unpaired) electrons. The smallest absolute Gasteiger partial charge is 0.329 e. The summed E-state index contributed by atoms with van der Waals surface area (Å²) in [6.45, 7) is -0.289. The minimum Gasteiger partial charge on any atom is -0.506 e. The molecule has 4 amide bonds. The quantitative estimate of drug-likeness (QED) is 0.221. The van der Waals surface area contributed by atoms with Crippen LogP contribution in [0, 0.1) is 11.7 Å². The Morgan fingerprint density at radius 2 is 1.82 bits per heavy atom. The normalized spacial score (nSPS) is 20.7. The molecule has 3 heterocycles. The number of hydrogen-bond acceptors (Lipinski definition) is 8. The number of piperidine rings is 1. The molecule has 7 rings (SSSR count). The van der Waals surface area contributed by atoms with Gasteiger partial charge in [-0.3, -0.25) is 33.6 Å². The van der Waals surface area contributed by atoms with Crippen molar-refractivity contribution in [3.8, 4) is 5.75 Å². The van der Waals surface area contributed by atoms with Crippen LogP contribution in [0.25, 0.3) is 27.4 Å². The van der Waals surface area contributed by atoms with Crippen LogP contribution in [0.1, 0.15) is 54.1 Å². The first kappa shape index (κ1) is 32.1. The van der Waals surface area contributed by atoms with Crippen LogP contribution in [-0.4, -0.2) is 59.4 Å². The summed E-state index contributed by atoms with van der Waals surface area (Å²) < 4.78 is 45.0. The first-order valence-corrected chi connectivity index (χ1v) is 17.1. The molecule has 254 valence electrons. The zero-order valence-electron chi connectivity index (χ0n) is 26.2. The Morgan fingerprint density at radius 3 is 2.51 bits per heavy atom. The average molecular weight is 691 g/mol. The molecule has 2 saturated heterocycles. The van der Waals surface area contributed by atoms with E-state index in [9.17, 15) is 37.5 Å². The molecular weight excluding hydrogens is 659 g/mol. The predicted octanol–water partition coefficient (Wildman–Crippen LogP) is 2.11. The van der Waals surface area contributed by atoms with Gasteiger partial charge < -0.3 is 10.4 Å². The van der Waals surface area contributed by atoms with Crippen molar-refractivity contribution in [1.82, 2.24) is 24.5 Å². The van der Waals surface area contributed by atoms with Crippen molar-refractivity contribution in [2.24, 2.45) is 13.0 Å². The van der Waals surface area contributed by atoms with Crippen LogP contribution in [0.5, 0.6) is 5.75 Å². The molecule has 49 heavy (non-hydrogen) atoms. The molecule has 1 aromatic heterocycles. The molecule has 2 aliphatic heterocycles. The van der Waals surface area contributed by atoms with Gasteiger partial charge in [-0.2, -0.15) is 8.42 Å². The van der Waals surface area contributed by atoms with Crippen molar-refractivity contribution < 1.29 is 37.1 Å². The lowest BCUT2D eigenvalue weighted by Gasteiger charge is -2.23. The number of phenolic OH excluding ortho intramolecular Hbond substituents is 1. The van der Waals surface area contributed by atoms with E-state index in [-0.39, 0.29) is 46.7 Å². The Kier molecular flexibility index (Phi) is 7.77. The number of amides is 4. The zero-order valence-corrected chi connectivity index (χ0v) is 27.0. The molecule has 2 unspecified atom stereocenters. The summed E-state index contributed by atoms with van der Waals surface area (Å²) in [5, 5.41) is 15.9. The van der Waals surface area contributed by atoms with Crippen molar-refractivity contribution in [3.05, 3.63) is 76.0 Å². The second kappa shape index (κ2) is 11.9. The van der Waals surface area contributed by atoms with Crippen LogP contribution in [-0.2, 0) is 31.6 Å². The summed E-state index contributed by atoms with van der Waals surface area (Å²) in [7, 11) is -2.70. The average Bonchev–Trinajstić information content (AvgIpc) is 3.48. The lowest BCUT2D eigenvalue weighted by Crippen LogP contribution is -2.44. The number of fused-ring (bicyclic) bond motifs is 2. The molecule has 16 heteroatoms. The topological polar surface area (TPSA) is 189 Å². The molecule has 3 aliphatic rings. The van der Waals surface area contributed by atoms with E-state index in [0.29, 0.717) is 28.3 Å². The number of nitrogens with zero attached hydrogens (tertiary/aromatic N) is 3. The predicted molar refractivity (Wildman–Crippen MR) is 176 cm³/mol. The summed E-state index contributed by atoms with van der Waals surface area (Å²) in [6, 6.07) is 10.2. The van der Waals surface area contributed by atoms with E-state index in [4.69, 9.17) is 0 Å². The number of rotatable bonds is 6. The number of aromatic hydroxyl groups is 1. The molecular formula is C33H31FN6O8S. The number of halogens is 1. The van der Waals surface area contributed by atoms with Gasteiger partial charge in [-0.1, -0.05) is 18.2 Å². The number of carbonyl (C=O) groups excluding carboxylic acids is 4. The highest BCUT2D eigenvalue weighted by molar-refractivity contribution is 7.92. The molecule has 0 bridgehead atoms. The number of carbonyl (C=O) groups is 4. The van der Waals surface area contributed by atoms with Crippen molar-refractivity contribution >= 4 is 66.9 Å². The second-order valence-electron chi connectivity index (χ2n) is 12.5. The molecule has 0 spiro atoms. The number of aromatic nitrogens is 2. The van der Waals surface area contributed by atoms with Crippen LogP contribution in [0.4, 0.5) is 10.1 Å². The first-order valence-electron chi connectivity index (χ1n) is 15.6. The standard InChI is InChI=1S/C33H31FN6O8S/c1-38-25-13-19(7-9-23(25)40(33(38)46)24-10-11-27(42)36-32(24)45)18-4-2-17(3-5-18)15-35-31(44)20-6-8-22-21(12-20)14-26(41)30(29(22)34)39-16-28(43)37-49(39,47)48/h4,6-9,12-14,17,24,41H,2-3,5,10-11,15-16H2,1H3,(H,35,44)(H,37,43)(H,36,42,45). The minimum absolute atomic E-state index is 0.0327. The van der Waals surface area contributed by atoms with Gasteiger partial charge in [-0.25, -0.2) is 18.2 Å². The van der Waals surface area contributed by atoms with E-state index in [1.807, 2.05) is 18.2 Å². The fourth-order valence-corrected chi connectivity index (χ4v) is 7.99. The van der Waals surface area contributed by atoms with Crippen molar-refractivity contribution in [1.29, 1.82) is 0 Å². The summed E-state index contributed by atoms with van der Waals surface area (Å²) in [4.78, 5) is 61.9. The second-order valence-corrected chi connectivity index (χ2v) is 14.1. The summed E-state index contributed by atoms with van der Waals surface area (Å²) in [5.41, 5.74) is 2.58. The third-order valence-corrected chi connectivity index (χ3v) is 10.8. The molecule has 2 fully saturated rings. The minimum atomic E-state index is -4.35. The molecule has 0 saturated carbocycles. The molecule has 4 N–H and O–H groups in total. The number of hydrogen-bond donors (Lipinski definition) is 4. The van der Waals surface area contributed by atoms with Gasteiger partial charge >= 0.3 is 15.9 Å². The van der Waals surface area contributed by atoms with E-state index >= 15 is 4.39 Å². The Balaban J connectivity index is 1.02. The molecule has 4 aromatic rings. The van der Waals surface area contributed by atoms with Gasteiger partial charge in [0.15, 0.2) is 5.82 Å². The maximum atomic E-state index is 15.4. The number of phenols is 1. The van der Waals surface area contributed by atoms with E-state index < -0.39 is 57.8 Å². The summed E-state index contributed by atoms with van der Waals surface area (Å²) in [5.74, 6) is -3.67. The van der Waals surface area contributed by atoms with Gasteiger partial charge in [0.05, 0.1) is 11.0 Å². The highest BCUT2D eigenvalue weighted by Gasteiger charge is 2.38. The van der Waals surface area contributed by atoms with Gasteiger partial charge in [0, 0.05) is 31.0 Å². The molecule has 14 nitrogen and oxygen atoms in total. The number of benzene rings is 3. The van der Waals surface area contributed by atoms with Gasteiger partial charge in [-0.05, 0) is 78.5 Å². The third kappa shape index (κ3) is 5.60. The Bertz CT molecular complexity index is 2330. The Labute approximate surface area is 278 Å². The fraction of sp³-hybridized carbons (Fsp3) is 0.303. The maximum Gasteiger partial charge on any atom is 0.329 e. The van der Waals surface area contributed by atoms with Gasteiger partial charge in [0.25, 0.3) is 11.8 Å². The van der Waals surface area contributed by atoms with Crippen LogP contribution in [0.15, 0.2) is 53.3 Å². The maximum absolute atomic E-state index is 15.4. The largest absolute Gasteiger partial charge is 0.506 e. The van der Waals surface area contributed by atoms with Gasteiger partial charge in [0.1, 0.15) is 24.0 Å². The molecule has 3 aromatic carbocycles. The molecule has 1 aliphatic carbocycles. The van der Waals surface area contributed by atoms with Crippen molar-refractivity contribution in [3.63, 3.8) is 0 Å². The van der Waals surface area contributed by atoms with Crippen LogP contribution in [0.2, 0.25) is 0 Å². The lowest BCUT2D eigenvalue weighted by atomic mass is 9.86.